The lowest BCUT2D eigenvalue weighted by atomic mass is 9.75. The first-order valence-electron chi connectivity index (χ1n) is 16.8. The van der Waals surface area contributed by atoms with Crippen molar-refractivity contribution in [3.05, 3.63) is 58.4 Å². The van der Waals surface area contributed by atoms with Crippen LogP contribution in [-0.2, 0) is 19.6 Å². The number of rotatable bonds is 14. The maximum absolute atomic E-state index is 13.5. The molecule has 256 valence electrons. The van der Waals surface area contributed by atoms with E-state index in [1.54, 1.807) is 29.6 Å². The highest BCUT2D eigenvalue weighted by molar-refractivity contribution is 7.89. The van der Waals surface area contributed by atoms with E-state index in [9.17, 15) is 17.6 Å². The molecule has 10 heteroatoms. The van der Waals surface area contributed by atoms with Gasteiger partial charge in [-0.1, -0.05) is 25.0 Å². The van der Waals surface area contributed by atoms with Gasteiger partial charge in [-0.15, -0.1) is 0 Å². The first-order chi connectivity index (χ1) is 21.9. The van der Waals surface area contributed by atoms with Crippen molar-refractivity contribution in [1.82, 2.24) is 14.5 Å². The standard InChI is InChI=1S/C36H54FN3O5S/c1-25-23-33(44-6)26(2)27(3)36(25)46(42,43)40-20-16-29(17-21-40)18-22-45-24-34(41)38-19-15-28-7-9-30(10-8-28)35(39(4)5)31-11-13-32(37)14-12-31/h11-14,23,28-30,35H,7-10,15-22,24H2,1-6H3,(H,38,41). The summed E-state index contributed by atoms with van der Waals surface area (Å²) in [7, 11) is 2.21. The highest BCUT2D eigenvalue weighted by Gasteiger charge is 2.33. The molecule has 0 spiro atoms. The monoisotopic (exact) mass is 659 g/mol. The summed E-state index contributed by atoms with van der Waals surface area (Å²) in [4.78, 5) is 15.0. The molecule has 1 saturated carbocycles. The Labute approximate surface area is 276 Å². The Hall–Kier alpha value is -2.53. The molecule has 1 heterocycles. The summed E-state index contributed by atoms with van der Waals surface area (Å²) in [5.74, 6) is 1.94. The summed E-state index contributed by atoms with van der Waals surface area (Å²) in [6.45, 7) is 7.75. The fourth-order valence-corrected chi connectivity index (χ4v) is 9.48. The lowest BCUT2D eigenvalue weighted by Crippen LogP contribution is -2.39. The van der Waals surface area contributed by atoms with Gasteiger partial charge in [0.2, 0.25) is 15.9 Å². The molecule has 8 nitrogen and oxygen atoms in total. The van der Waals surface area contributed by atoms with Gasteiger partial charge in [0, 0.05) is 32.3 Å². The number of nitrogens with zero attached hydrogens (tertiary/aromatic N) is 2. The van der Waals surface area contributed by atoms with E-state index in [4.69, 9.17) is 9.47 Å². The molecular weight excluding hydrogens is 605 g/mol. The molecule has 1 unspecified atom stereocenters. The van der Waals surface area contributed by atoms with E-state index in [-0.39, 0.29) is 24.4 Å². The Morgan fingerprint density at radius 3 is 2.22 bits per heavy atom. The zero-order valence-electron chi connectivity index (χ0n) is 28.6. The number of methoxy groups -OCH3 is 1. The third-order valence-electron chi connectivity index (χ3n) is 10.3. The fraction of sp³-hybridized carbons (Fsp3) is 0.639. The minimum atomic E-state index is -3.59. The summed E-state index contributed by atoms with van der Waals surface area (Å²) in [6.07, 6.45) is 7.89. The van der Waals surface area contributed by atoms with Crippen LogP contribution in [0.5, 0.6) is 5.75 Å². The normalized spacial score (nSPS) is 20.5. The van der Waals surface area contributed by atoms with Gasteiger partial charge in [-0.25, -0.2) is 12.8 Å². The van der Waals surface area contributed by atoms with Crippen molar-refractivity contribution in [1.29, 1.82) is 0 Å². The average Bonchev–Trinajstić information content (AvgIpc) is 3.03. The molecule has 2 aromatic rings. The summed E-state index contributed by atoms with van der Waals surface area (Å²) in [5, 5.41) is 3.02. The van der Waals surface area contributed by atoms with Crippen molar-refractivity contribution in [2.75, 3.05) is 54.1 Å². The van der Waals surface area contributed by atoms with Crippen LogP contribution in [0.2, 0.25) is 0 Å². The van der Waals surface area contributed by atoms with Gasteiger partial charge in [-0.05, 0) is 132 Å². The minimum Gasteiger partial charge on any atom is -0.496 e. The van der Waals surface area contributed by atoms with Gasteiger partial charge >= 0.3 is 0 Å². The maximum Gasteiger partial charge on any atom is 0.245 e. The van der Waals surface area contributed by atoms with E-state index in [0.717, 1.165) is 62.5 Å². The number of aryl methyl sites for hydroxylation is 1. The molecule has 1 aliphatic heterocycles. The number of ether oxygens (including phenoxy) is 2. The van der Waals surface area contributed by atoms with Gasteiger partial charge < -0.3 is 19.7 Å². The van der Waals surface area contributed by atoms with E-state index in [1.807, 2.05) is 32.9 Å². The van der Waals surface area contributed by atoms with Gasteiger partial charge in [-0.2, -0.15) is 4.31 Å². The number of amides is 1. The molecule has 0 bridgehead atoms. The molecule has 2 aromatic carbocycles. The molecule has 1 saturated heterocycles. The smallest absolute Gasteiger partial charge is 0.245 e. The highest BCUT2D eigenvalue weighted by Crippen LogP contribution is 2.40. The lowest BCUT2D eigenvalue weighted by Gasteiger charge is -2.37. The third kappa shape index (κ3) is 9.08. The van der Waals surface area contributed by atoms with Crippen molar-refractivity contribution in [3.63, 3.8) is 0 Å². The SMILES string of the molecule is COc1cc(C)c(S(=O)(=O)N2CCC(CCOCC(=O)NCCC3CCC(C(c4ccc(F)cc4)N(C)C)CC3)CC2)c(C)c1C. The van der Waals surface area contributed by atoms with Crippen molar-refractivity contribution < 1.29 is 27.1 Å². The van der Waals surface area contributed by atoms with Crippen molar-refractivity contribution in [2.45, 2.75) is 83.1 Å². The van der Waals surface area contributed by atoms with Crippen LogP contribution in [0.1, 0.15) is 79.7 Å². The van der Waals surface area contributed by atoms with E-state index in [0.29, 0.717) is 60.2 Å². The first kappa shape index (κ1) is 36.3. The summed E-state index contributed by atoms with van der Waals surface area (Å²) >= 11 is 0. The third-order valence-corrected chi connectivity index (χ3v) is 12.4. The molecule has 0 aromatic heterocycles. The van der Waals surface area contributed by atoms with Gasteiger partial charge in [-0.3, -0.25) is 4.79 Å². The number of nitrogens with one attached hydrogen (secondary N) is 1. The van der Waals surface area contributed by atoms with Gasteiger partial charge in [0.1, 0.15) is 18.2 Å². The summed E-state index contributed by atoms with van der Waals surface area (Å²) in [5.41, 5.74) is 3.47. The molecule has 1 atom stereocenters. The Bertz CT molecular complexity index is 1400. The van der Waals surface area contributed by atoms with Crippen LogP contribution in [0.15, 0.2) is 35.2 Å². The number of hydrogen-bond donors (Lipinski definition) is 1. The molecule has 1 aliphatic carbocycles. The lowest BCUT2D eigenvalue weighted by molar-refractivity contribution is -0.125. The molecule has 2 fully saturated rings. The molecule has 2 aliphatic rings. The van der Waals surface area contributed by atoms with Crippen LogP contribution in [0.4, 0.5) is 4.39 Å². The van der Waals surface area contributed by atoms with E-state index in [1.165, 1.54) is 5.56 Å². The molecule has 0 radical (unpaired) electrons. The molecular formula is C36H54FN3O5S. The molecule has 1 amide bonds. The second-order valence-corrected chi connectivity index (χ2v) is 15.4. The number of carbonyl (C=O) groups is 1. The summed E-state index contributed by atoms with van der Waals surface area (Å²) < 4.78 is 53.3. The predicted octanol–water partition coefficient (Wildman–Crippen LogP) is 6.18. The number of benzene rings is 2. The fourth-order valence-electron chi connectivity index (χ4n) is 7.52. The number of piperidine rings is 1. The first-order valence-corrected chi connectivity index (χ1v) is 18.3. The number of halogens is 1. The van der Waals surface area contributed by atoms with Crippen molar-refractivity contribution >= 4 is 15.9 Å². The molecule has 46 heavy (non-hydrogen) atoms. The van der Waals surface area contributed by atoms with Gasteiger partial charge in [0.25, 0.3) is 0 Å². The van der Waals surface area contributed by atoms with Crippen LogP contribution in [0, 0.1) is 44.3 Å². The quantitative estimate of drug-likeness (QED) is 0.244. The van der Waals surface area contributed by atoms with E-state index >= 15 is 0 Å². The van der Waals surface area contributed by atoms with Crippen LogP contribution in [0.3, 0.4) is 0 Å². The Morgan fingerprint density at radius 1 is 0.978 bits per heavy atom. The van der Waals surface area contributed by atoms with E-state index < -0.39 is 10.0 Å². The number of hydrogen-bond acceptors (Lipinski definition) is 6. The Morgan fingerprint density at radius 2 is 1.61 bits per heavy atom. The van der Waals surface area contributed by atoms with Crippen molar-refractivity contribution in [2.24, 2.45) is 17.8 Å². The van der Waals surface area contributed by atoms with Crippen LogP contribution >= 0.6 is 0 Å². The topological polar surface area (TPSA) is 88.2 Å². The van der Waals surface area contributed by atoms with Crippen molar-refractivity contribution in [3.8, 4) is 5.75 Å². The van der Waals surface area contributed by atoms with Gasteiger partial charge in [0.15, 0.2) is 0 Å². The van der Waals surface area contributed by atoms with Crippen LogP contribution < -0.4 is 10.1 Å². The zero-order valence-corrected chi connectivity index (χ0v) is 29.4. The zero-order chi connectivity index (χ0) is 33.4. The highest BCUT2D eigenvalue weighted by atomic mass is 32.2. The minimum absolute atomic E-state index is 0.0531. The number of sulfonamides is 1. The average molecular weight is 660 g/mol. The second-order valence-electron chi connectivity index (χ2n) is 13.5. The van der Waals surface area contributed by atoms with E-state index in [2.05, 4.69) is 24.3 Å². The predicted molar refractivity (Wildman–Crippen MR) is 180 cm³/mol. The molecule has 4 rings (SSSR count). The molecule has 1 N–H and O–H groups in total. The van der Waals surface area contributed by atoms with Crippen LogP contribution in [0.25, 0.3) is 0 Å². The van der Waals surface area contributed by atoms with Gasteiger partial charge in [0.05, 0.1) is 12.0 Å². The maximum atomic E-state index is 13.5. The summed E-state index contributed by atoms with van der Waals surface area (Å²) in [6, 6.07) is 9.01. The number of carbonyl (C=O) groups excluding carboxylic acids is 1. The second kappa shape index (κ2) is 16.5. The Balaban J connectivity index is 1.10. The van der Waals surface area contributed by atoms with Crippen LogP contribution in [-0.4, -0.2) is 77.6 Å². The largest absolute Gasteiger partial charge is 0.496 e. The Kier molecular flexibility index (Phi) is 13.0.